The molecule has 0 atom stereocenters. The lowest BCUT2D eigenvalue weighted by Gasteiger charge is -2.09. The van der Waals surface area contributed by atoms with Gasteiger partial charge in [-0.05, 0) is 42.3 Å². The number of Topliss-reactive ketones (excluding diaryl/α,β-unsaturated/α-hetero) is 1. The van der Waals surface area contributed by atoms with Crippen LogP contribution in [0.3, 0.4) is 0 Å². The molecule has 1 aromatic heterocycles. The van der Waals surface area contributed by atoms with Crippen molar-refractivity contribution in [2.45, 2.75) is 24.3 Å². The lowest BCUT2D eigenvalue weighted by molar-refractivity contribution is -0.137. The van der Waals surface area contributed by atoms with Crippen LogP contribution in [0, 0.1) is 5.41 Å². The third-order valence-corrected chi connectivity index (χ3v) is 7.10. The van der Waals surface area contributed by atoms with Crippen molar-refractivity contribution in [3.05, 3.63) is 95.7 Å². The van der Waals surface area contributed by atoms with Crippen LogP contribution in [-0.2, 0) is 27.8 Å². The molecule has 11 heteroatoms. The smallest absolute Gasteiger partial charge is 0.323 e. The van der Waals surface area contributed by atoms with Crippen LogP contribution in [0.15, 0.2) is 83.9 Å². The molecular weight excluding hydrogens is 516 g/mol. The second kappa shape index (κ2) is 11.3. The van der Waals surface area contributed by atoms with E-state index >= 15 is 0 Å². The first-order chi connectivity index (χ1) is 17.1. The molecule has 192 valence electrons. The Morgan fingerprint density at radius 2 is 1.68 bits per heavy atom. The van der Waals surface area contributed by atoms with Crippen molar-refractivity contribution >= 4 is 56.6 Å². The highest BCUT2D eigenvalue weighted by Crippen LogP contribution is 2.28. The Hall–Kier alpha value is -4.15. The monoisotopic (exact) mass is 540 g/mol. The van der Waals surface area contributed by atoms with E-state index in [0.717, 1.165) is 5.56 Å². The average Bonchev–Trinajstić information content (AvgIpc) is 3.20. The molecule has 0 aliphatic carbocycles. The number of hydrogen-bond donors (Lipinski definition) is 4. The summed E-state index contributed by atoms with van der Waals surface area (Å²) in [6.07, 6.45) is 2.09. The normalized spacial score (nSPS) is 11.0. The minimum Gasteiger partial charge on any atom is -0.480 e. The molecule has 9 nitrogen and oxygen atoms in total. The summed E-state index contributed by atoms with van der Waals surface area (Å²) in [6.45, 7) is -0.342. The van der Waals surface area contributed by atoms with Crippen molar-refractivity contribution in [1.82, 2.24) is 4.57 Å². The van der Waals surface area contributed by atoms with Gasteiger partial charge in [0.2, 0.25) is 0 Å². The van der Waals surface area contributed by atoms with Crippen LogP contribution in [0.4, 0.5) is 5.69 Å². The van der Waals surface area contributed by atoms with Crippen LogP contribution < -0.4 is 10.5 Å². The molecule has 3 aromatic carbocycles. The number of nitrogens with one attached hydrogen (secondary N) is 2. The van der Waals surface area contributed by atoms with Gasteiger partial charge in [0.15, 0.2) is 5.78 Å². The van der Waals surface area contributed by atoms with E-state index in [-0.39, 0.29) is 47.6 Å². The number of aryl methyl sites for hydroxylation is 1. The van der Waals surface area contributed by atoms with Crippen molar-refractivity contribution in [1.29, 1.82) is 5.41 Å². The minimum absolute atomic E-state index is 0. The molecule has 4 aromatic rings. The summed E-state index contributed by atoms with van der Waals surface area (Å²) >= 11 is 0. The molecule has 0 aliphatic rings. The second-order valence-corrected chi connectivity index (χ2v) is 9.93. The Labute approximate surface area is 219 Å². The summed E-state index contributed by atoms with van der Waals surface area (Å²) in [6, 6.07) is 19.6. The molecule has 0 aliphatic heterocycles. The molecule has 37 heavy (non-hydrogen) atoms. The molecule has 1 heterocycles. The summed E-state index contributed by atoms with van der Waals surface area (Å²) in [5, 5.41) is 17.2. The Balaban J connectivity index is 0.00000380. The number of ketones is 1. The van der Waals surface area contributed by atoms with Gasteiger partial charge in [0.25, 0.3) is 10.0 Å². The molecule has 0 amide bonds. The number of benzene rings is 3. The second-order valence-electron chi connectivity index (χ2n) is 8.25. The lowest BCUT2D eigenvalue weighted by atomic mass is 10.0. The summed E-state index contributed by atoms with van der Waals surface area (Å²) in [4.78, 5) is 24.6. The van der Waals surface area contributed by atoms with Gasteiger partial charge in [0.05, 0.1) is 4.90 Å². The number of nitrogens with zero attached hydrogens (tertiary/aromatic N) is 1. The quantitative estimate of drug-likeness (QED) is 0.135. The number of rotatable bonds is 10. The molecule has 0 radical (unpaired) electrons. The van der Waals surface area contributed by atoms with Gasteiger partial charge in [-0.15, -0.1) is 12.4 Å². The van der Waals surface area contributed by atoms with E-state index in [1.54, 1.807) is 54.6 Å². The van der Waals surface area contributed by atoms with E-state index in [9.17, 15) is 23.1 Å². The van der Waals surface area contributed by atoms with Gasteiger partial charge in [0.1, 0.15) is 12.4 Å². The number of nitrogen functional groups attached to an aromatic ring is 1. The van der Waals surface area contributed by atoms with Crippen molar-refractivity contribution in [3.63, 3.8) is 0 Å². The zero-order valence-corrected chi connectivity index (χ0v) is 21.2. The van der Waals surface area contributed by atoms with Gasteiger partial charge in [0, 0.05) is 40.3 Å². The number of carbonyl (C=O) groups is 2. The minimum atomic E-state index is -3.84. The summed E-state index contributed by atoms with van der Waals surface area (Å²) in [7, 11) is -3.84. The third kappa shape index (κ3) is 6.35. The van der Waals surface area contributed by atoms with Gasteiger partial charge < -0.3 is 15.4 Å². The fraction of sp³-hybridized carbons (Fsp3) is 0.115. The Morgan fingerprint density at radius 1 is 1.00 bits per heavy atom. The number of anilines is 1. The number of halogens is 1. The summed E-state index contributed by atoms with van der Waals surface area (Å²) in [5.41, 5.74) is 8.03. The number of aromatic nitrogens is 1. The standard InChI is InChI=1S/C26H24N4O5S.ClH/c27-26(28)18-9-6-17(7-10-18)8-13-24(31)22-15-30(16-25(32)33)23-12-11-19(14-21(22)23)29-36(34,35)20-4-2-1-3-5-20;/h1-7,9-12,14-15,29H,8,13,16H2,(H3,27,28)(H,32,33);1H. The maximum Gasteiger partial charge on any atom is 0.323 e. The highest BCUT2D eigenvalue weighted by molar-refractivity contribution is 7.92. The number of carboxylic acid groups (broad SMARTS) is 1. The number of sulfonamides is 1. The first-order valence-electron chi connectivity index (χ1n) is 11.0. The summed E-state index contributed by atoms with van der Waals surface area (Å²) < 4.78 is 29.5. The van der Waals surface area contributed by atoms with Crippen molar-refractivity contribution in [3.8, 4) is 0 Å². The van der Waals surface area contributed by atoms with Gasteiger partial charge in [-0.25, -0.2) is 8.42 Å². The van der Waals surface area contributed by atoms with Crippen LogP contribution >= 0.6 is 12.4 Å². The van der Waals surface area contributed by atoms with Crippen LogP contribution in [0.5, 0.6) is 0 Å². The largest absolute Gasteiger partial charge is 0.480 e. The fourth-order valence-corrected chi connectivity index (χ4v) is 4.99. The number of aliphatic carboxylic acids is 1. The van der Waals surface area contributed by atoms with Gasteiger partial charge in [-0.1, -0.05) is 42.5 Å². The maximum absolute atomic E-state index is 13.2. The Morgan fingerprint density at radius 3 is 2.30 bits per heavy atom. The molecule has 4 rings (SSSR count). The molecule has 5 N–H and O–H groups in total. The van der Waals surface area contributed by atoms with E-state index in [0.29, 0.717) is 28.5 Å². The highest BCUT2D eigenvalue weighted by atomic mass is 35.5. The summed E-state index contributed by atoms with van der Waals surface area (Å²) in [5.74, 6) is -1.31. The molecule has 0 spiro atoms. The van der Waals surface area contributed by atoms with Crippen LogP contribution in [0.25, 0.3) is 10.9 Å². The van der Waals surface area contributed by atoms with E-state index in [1.165, 1.54) is 29.0 Å². The third-order valence-electron chi connectivity index (χ3n) is 5.70. The van der Waals surface area contributed by atoms with Gasteiger partial charge in [-0.3, -0.25) is 19.7 Å². The van der Waals surface area contributed by atoms with Crippen LogP contribution in [0.2, 0.25) is 0 Å². The molecule has 0 bridgehead atoms. The lowest BCUT2D eigenvalue weighted by Crippen LogP contribution is -2.12. The Kier molecular flexibility index (Phi) is 8.36. The van der Waals surface area contributed by atoms with Crippen LogP contribution in [0.1, 0.15) is 27.9 Å². The topological polar surface area (TPSA) is 155 Å². The highest BCUT2D eigenvalue weighted by Gasteiger charge is 2.19. The molecule has 0 fully saturated rings. The van der Waals surface area contributed by atoms with E-state index < -0.39 is 16.0 Å². The zero-order chi connectivity index (χ0) is 25.9. The maximum atomic E-state index is 13.2. The number of fused-ring (bicyclic) bond motifs is 1. The van der Waals surface area contributed by atoms with Crippen molar-refractivity contribution in [2.24, 2.45) is 5.73 Å². The zero-order valence-electron chi connectivity index (χ0n) is 19.5. The van der Waals surface area contributed by atoms with E-state index in [1.807, 2.05) is 0 Å². The SMILES string of the molecule is Cl.N=C(N)c1ccc(CCC(=O)c2cn(CC(=O)O)c3ccc(NS(=O)(=O)c4ccccc4)cc23)cc1. The van der Waals surface area contributed by atoms with Crippen LogP contribution in [-0.4, -0.2) is 35.7 Å². The average molecular weight is 541 g/mol. The number of amidine groups is 1. The molecule has 0 unspecified atom stereocenters. The Bertz CT molecular complexity index is 1570. The molecular formula is C26H25ClN4O5S. The van der Waals surface area contributed by atoms with Crippen molar-refractivity contribution < 1.29 is 23.1 Å². The predicted molar refractivity (Wildman–Crippen MR) is 144 cm³/mol. The number of carbonyl (C=O) groups excluding carboxylic acids is 1. The van der Waals surface area contributed by atoms with Gasteiger partial charge in [-0.2, -0.15) is 0 Å². The molecule has 0 saturated carbocycles. The first-order valence-corrected chi connectivity index (χ1v) is 12.5. The first kappa shape index (κ1) is 27.4. The number of hydrogen-bond acceptors (Lipinski definition) is 5. The van der Waals surface area contributed by atoms with E-state index in [4.69, 9.17) is 11.1 Å². The fourth-order valence-electron chi connectivity index (χ4n) is 3.92. The number of carboxylic acids is 1. The van der Waals surface area contributed by atoms with E-state index in [2.05, 4.69) is 4.72 Å². The number of nitrogens with two attached hydrogens (primary N) is 1. The molecule has 0 saturated heterocycles. The van der Waals surface area contributed by atoms with Gasteiger partial charge >= 0.3 is 5.97 Å². The van der Waals surface area contributed by atoms with Crippen molar-refractivity contribution in [2.75, 3.05) is 4.72 Å². The predicted octanol–water partition coefficient (Wildman–Crippen LogP) is 4.05.